The summed E-state index contributed by atoms with van der Waals surface area (Å²) < 4.78 is 6.12. The van der Waals surface area contributed by atoms with E-state index in [9.17, 15) is 0 Å². The molecule has 0 unspecified atom stereocenters. The first kappa shape index (κ1) is 17.6. The van der Waals surface area contributed by atoms with E-state index in [1.54, 1.807) is 0 Å². The minimum atomic E-state index is 0.169. The summed E-state index contributed by atoms with van der Waals surface area (Å²) in [6.07, 6.45) is 2.17. The van der Waals surface area contributed by atoms with Crippen molar-refractivity contribution in [2.75, 3.05) is 20.6 Å². The predicted octanol–water partition coefficient (Wildman–Crippen LogP) is 5.27. The van der Waals surface area contributed by atoms with Crippen LogP contribution < -0.4 is 4.74 Å². The maximum atomic E-state index is 6.12. The summed E-state index contributed by atoms with van der Waals surface area (Å²) in [4.78, 5) is 2.22. The number of para-hydroxylation sites is 1. The van der Waals surface area contributed by atoms with E-state index in [4.69, 9.17) is 4.74 Å². The van der Waals surface area contributed by atoms with Crippen molar-refractivity contribution in [1.82, 2.24) is 4.90 Å². The Morgan fingerprint density at radius 3 is 2.17 bits per heavy atom. The zero-order valence-electron chi connectivity index (χ0n) is 15.1. The second-order valence-electron chi connectivity index (χ2n) is 7.39. The van der Waals surface area contributed by atoms with Crippen molar-refractivity contribution in [2.24, 2.45) is 0 Å². The lowest BCUT2D eigenvalue weighted by Gasteiger charge is -2.19. The average molecular weight is 311 g/mol. The molecular formula is C21H29NO. The molecule has 2 nitrogen and oxygen atoms in total. The molecule has 0 saturated heterocycles. The van der Waals surface area contributed by atoms with Crippen LogP contribution >= 0.6 is 0 Å². The van der Waals surface area contributed by atoms with E-state index in [-0.39, 0.29) is 5.41 Å². The van der Waals surface area contributed by atoms with Crippen molar-refractivity contribution in [2.45, 2.75) is 39.0 Å². The molecule has 0 spiro atoms. The molecule has 0 N–H and O–H groups in total. The smallest absolute Gasteiger partial charge is 0.130 e. The molecule has 2 rings (SSSR count). The van der Waals surface area contributed by atoms with Crippen LogP contribution in [0.4, 0.5) is 0 Å². The number of hydrogen-bond acceptors (Lipinski definition) is 2. The van der Waals surface area contributed by atoms with Crippen LogP contribution in [0.15, 0.2) is 48.5 Å². The SMILES string of the molecule is CN(C)CCCc1ccccc1Oc1ccc(C(C)(C)C)cc1. The zero-order chi connectivity index (χ0) is 16.9. The largest absolute Gasteiger partial charge is 0.457 e. The highest BCUT2D eigenvalue weighted by Crippen LogP contribution is 2.29. The Labute approximate surface area is 141 Å². The molecule has 0 heterocycles. The summed E-state index contributed by atoms with van der Waals surface area (Å²) >= 11 is 0. The van der Waals surface area contributed by atoms with Crippen LogP contribution in [-0.2, 0) is 11.8 Å². The summed E-state index contributed by atoms with van der Waals surface area (Å²) in [5, 5.41) is 0. The molecule has 0 aliphatic heterocycles. The Morgan fingerprint density at radius 2 is 1.57 bits per heavy atom. The molecule has 0 atom stereocenters. The highest BCUT2D eigenvalue weighted by molar-refractivity contribution is 5.39. The normalized spacial score (nSPS) is 11.7. The van der Waals surface area contributed by atoms with Gasteiger partial charge in [-0.1, -0.05) is 51.1 Å². The fraction of sp³-hybridized carbons (Fsp3) is 0.429. The van der Waals surface area contributed by atoms with E-state index in [1.807, 2.05) is 6.07 Å². The summed E-state index contributed by atoms with van der Waals surface area (Å²) in [5.41, 5.74) is 2.76. The van der Waals surface area contributed by atoms with Gasteiger partial charge in [0.05, 0.1) is 0 Å². The first-order valence-corrected chi connectivity index (χ1v) is 8.37. The van der Waals surface area contributed by atoms with Gasteiger partial charge in [0.1, 0.15) is 11.5 Å². The molecule has 0 saturated carbocycles. The molecule has 23 heavy (non-hydrogen) atoms. The quantitative estimate of drug-likeness (QED) is 0.720. The van der Waals surface area contributed by atoms with Crippen LogP contribution in [0.2, 0.25) is 0 Å². The maximum absolute atomic E-state index is 6.12. The van der Waals surface area contributed by atoms with Gasteiger partial charge >= 0.3 is 0 Å². The minimum absolute atomic E-state index is 0.169. The predicted molar refractivity (Wildman–Crippen MR) is 98.5 cm³/mol. The van der Waals surface area contributed by atoms with Crippen molar-refractivity contribution in [3.63, 3.8) is 0 Å². The van der Waals surface area contributed by atoms with Crippen LogP contribution in [0.3, 0.4) is 0 Å². The van der Waals surface area contributed by atoms with Crippen LogP contribution in [0, 0.1) is 0 Å². The van der Waals surface area contributed by atoms with E-state index < -0.39 is 0 Å². The van der Waals surface area contributed by atoms with E-state index >= 15 is 0 Å². The van der Waals surface area contributed by atoms with Gasteiger partial charge in [-0.15, -0.1) is 0 Å². The van der Waals surface area contributed by atoms with Gasteiger partial charge in [0.25, 0.3) is 0 Å². The summed E-state index contributed by atoms with van der Waals surface area (Å²) in [6.45, 7) is 7.77. The van der Waals surface area contributed by atoms with Gasteiger partial charge in [-0.3, -0.25) is 0 Å². The second-order valence-corrected chi connectivity index (χ2v) is 7.39. The highest BCUT2D eigenvalue weighted by atomic mass is 16.5. The van der Waals surface area contributed by atoms with Crippen molar-refractivity contribution in [3.05, 3.63) is 59.7 Å². The fourth-order valence-corrected chi connectivity index (χ4v) is 2.55. The Hall–Kier alpha value is -1.80. The number of nitrogens with zero attached hydrogens (tertiary/aromatic N) is 1. The van der Waals surface area contributed by atoms with Crippen LogP contribution in [0.25, 0.3) is 0 Å². The number of ether oxygens (including phenoxy) is 1. The van der Waals surface area contributed by atoms with Gasteiger partial charge in [0.2, 0.25) is 0 Å². The number of hydrogen-bond donors (Lipinski definition) is 0. The molecule has 2 aromatic carbocycles. The molecule has 0 aliphatic carbocycles. The molecule has 0 bridgehead atoms. The Bertz CT molecular complexity index is 608. The lowest BCUT2D eigenvalue weighted by Crippen LogP contribution is -2.13. The molecule has 0 radical (unpaired) electrons. The Kier molecular flexibility index (Phi) is 5.84. The molecule has 124 valence electrons. The Balaban J connectivity index is 2.08. The number of aryl methyl sites for hydroxylation is 1. The Morgan fingerprint density at radius 1 is 0.913 bits per heavy atom. The van der Waals surface area contributed by atoms with Gasteiger partial charge in [0, 0.05) is 0 Å². The maximum Gasteiger partial charge on any atom is 0.130 e. The van der Waals surface area contributed by atoms with Crippen molar-refractivity contribution >= 4 is 0 Å². The molecule has 0 amide bonds. The minimum Gasteiger partial charge on any atom is -0.457 e. The third kappa shape index (κ3) is 5.40. The van der Waals surface area contributed by atoms with E-state index in [0.29, 0.717) is 0 Å². The zero-order valence-corrected chi connectivity index (χ0v) is 15.1. The molecule has 2 heteroatoms. The summed E-state index contributed by atoms with van der Waals surface area (Å²) in [6, 6.07) is 16.8. The van der Waals surface area contributed by atoms with E-state index in [1.165, 1.54) is 11.1 Å². The van der Waals surface area contributed by atoms with E-state index in [0.717, 1.165) is 30.9 Å². The summed E-state index contributed by atoms with van der Waals surface area (Å²) in [7, 11) is 4.22. The van der Waals surface area contributed by atoms with Crippen LogP contribution in [0.5, 0.6) is 11.5 Å². The number of rotatable bonds is 6. The second kappa shape index (κ2) is 7.65. The molecule has 0 fully saturated rings. The third-order valence-electron chi connectivity index (χ3n) is 3.97. The first-order chi connectivity index (χ1) is 10.9. The third-order valence-corrected chi connectivity index (χ3v) is 3.97. The molecule has 0 aliphatic rings. The van der Waals surface area contributed by atoms with Gasteiger partial charge < -0.3 is 9.64 Å². The molecular weight excluding hydrogens is 282 g/mol. The van der Waals surface area contributed by atoms with Crippen LogP contribution in [-0.4, -0.2) is 25.5 Å². The first-order valence-electron chi connectivity index (χ1n) is 8.37. The fourth-order valence-electron chi connectivity index (χ4n) is 2.55. The summed E-state index contributed by atoms with van der Waals surface area (Å²) in [5.74, 6) is 1.87. The van der Waals surface area contributed by atoms with Gasteiger partial charge in [-0.25, -0.2) is 0 Å². The molecule has 2 aromatic rings. The van der Waals surface area contributed by atoms with Crippen molar-refractivity contribution in [1.29, 1.82) is 0 Å². The van der Waals surface area contributed by atoms with Crippen molar-refractivity contribution in [3.8, 4) is 11.5 Å². The van der Waals surface area contributed by atoms with Gasteiger partial charge in [-0.05, 0) is 68.2 Å². The monoisotopic (exact) mass is 311 g/mol. The van der Waals surface area contributed by atoms with Crippen molar-refractivity contribution < 1.29 is 4.74 Å². The average Bonchev–Trinajstić information content (AvgIpc) is 2.48. The lowest BCUT2D eigenvalue weighted by molar-refractivity contribution is 0.398. The molecule has 0 aromatic heterocycles. The standard InChI is InChI=1S/C21H29NO/c1-21(2,3)18-12-14-19(15-13-18)23-20-11-7-6-9-17(20)10-8-16-22(4)5/h6-7,9,11-15H,8,10,16H2,1-5H3. The number of benzene rings is 2. The highest BCUT2D eigenvalue weighted by Gasteiger charge is 2.13. The topological polar surface area (TPSA) is 12.5 Å². The van der Waals surface area contributed by atoms with E-state index in [2.05, 4.69) is 82.2 Å². The van der Waals surface area contributed by atoms with Gasteiger partial charge in [-0.2, -0.15) is 0 Å². The van der Waals surface area contributed by atoms with Crippen LogP contribution in [0.1, 0.15) is 38.3 Å². The lowest BCUT2D eigenvalue weighted by atomic mass is 9.87. The van der Waals surface area contributed by atoms with Gasteiger partial charge in [0.15, 0.2) is 0 Å².